The van der Waals surface area contributed by atoms with Crippen LogP contribution in [0.15, 0.2) is 12.1 Å². The Morgan fingerprint density at radius 2 is 2.23 bits per heavy atom. The van der Waals surface area contributed by atoms with E-state index in [9.17, 15) is 9.90 Å². The Balaban J connectivity index is 2.74. The van der Waals surface area contributed by atoms with Gasteiger partial charge in [0.1, 0.15) is 7.85 Å². The first-order valence-electron chi connectivity index (χ1n) is 3.99. The Bertz CT molecular complexity index is 392. The van der Waals surface area contributed by atoms with Gasteiger partial charge in [-0.2, -0.15) is 0 Å². The van der Waals surface area contributed by atoms with Crippen LogP contribution < -0.4 is 16.5 Å². The lowest BCUT2D eigenvalue weighted by Crippen LogP contribution is -2.21. The standard InChI is InChI=1S/C8H9BN2O2/c9-3-1-2-4(10)6-5(3)7(12)11-8(6)13/h1-2,8,13H,9-10H2,(H,11,12). The molecule has 1 aromatic rings. The summed E-state index contributed by atoms with van der Waals surface area (Å²) in [5.74, 6) is -0.257. The summed E-state index contributed by atoms with van der Waals surface area (Å²) in [5, 5.41) is 11.8. The third kappa shape index (κ3) is 1.01. The van der Waals surface area contributed by atoms with Crippen molar-refractivity contribution in [3.63, 3.8) is 0 Å². The number of fused-ring (bicyclic) bond motifs is 1. The Morgan fingerprint density at radius 1 is 1.54 bits per heavy atom. The minimum atomic E-state index is -0.956. The zero-order chi connectivity index (χ0) is 9.59. The Labute approximate surface area is 76.2 Å². The van der Waals surface area contributed by atoms with Crippen molar-refractivity contribution in [1.29, 1.82) is 0 Å². The maximum atomic E-state index is 11.3. The molecule has 2 rings (SSSR count). The average molecular weight is 176 g/mol. The van der Waals surface area contributed by atoms with Crippen molar-refractivity contribution in [2.45, 2.75) is 6.23 Å². The Hall–Kier alpha value is -1.49. The van der Waals surface area contributed by atoms with Gasteiger partial charge in [-0.15, -0.1) is 0 Å². The van der Waals surface area contributed by atoms with Gasteiger partial charge in [-0.1, -0.05) is 11.5 Å². The molecule has 1 atom stereocenters. The lowest BCUT2D eigenvalue weighted by molar-refractivity contribution is 0.0852. The molecule has 1 aliphatic heterocycles. The van der Waals surface area contributed by atoms with Crippen molar-refractivity contribution in [2.24, 2.45) is 0 Å². The third-order valence-corrected chi connectivity index (χ3v) is 2.26. The molecule has 0 spiro atoms. The molecule has 0 bridgehead atoms. The van der Waals surface area contributed by atoms with Crippen molar-refractivity contribution < 1.29 is 9.90 Å². The molecule has 0 aromatic heterocycles. The first kappa shape index (κ1) is 8.13. The quantitative estimate of drug-likeness (QED) is 0.324. The van der Waals surface area contributed by atoms with Gasteiger partial charge in [0.2, 0.25) is 0 Å². The van der Waals surface area contributed by atoms with E-state index in [4.69, 9.17) is 5.73 Å². The van der Waals surface area contributed by atoms with E-state index in [1.807, 2.05) is 7.85 Å². The van der Waals surface area contributed by atoms with E-state index in [0.717, 1.165) is 5.46 Å². The van der Waals surface area contributed by atoms with Crippen LogP contribution in [-0.4, -0.2) is 18.9 Å². The van der Waals surface area contributed by atoms with Crippen molar-refractivity contribution in [1.82, 2.24) is 5.32 Å². The molecule has 0 aliphatic carbocycles. The van der Waals surface area contributed by atoms with Gasteiger partial charge in [0.15, 0.2) is 6.23 Å². The van der Waals surface area contributed by atoms with Gasteiger partial charge in [-0.3, -0.25) is 4.79 Å². The van der Waals surface area contributed by atoms with Crippen LogP contribution in [-0.2, 0) is 0 Å². The number of hydrogen-bond acceptors (Lipinski definition) is 3. The summed E-state index contributed by atoms with van der Waals surface area (Å²) in [4.78, 5) is 11.3. The molecule has 1 amide bonds. The SMILES string of the molecule is Bc1ccc(N)c2c1C(=O)NC2O. The van der Waals surface area contributed by atoms with Crippen LogP contribution in [0, 0.1) is 0 Å². The highest BCUT2D eigenvalue weighted by atomic mass is 16.3. The molecule has 13 heavy (non-hydrogen) atoms. The third-order valence-electron chi connectivity index (χ3n) is 2.26. The van der Waals surface area contributed by atoms with Crippen LogP contribution in [0.25, 0.3) is 0 Å². The normalized spacial score (nSPS) is 19.8. The van der Waals surface area contributed by atoms with E-state index < -0.39 is 6.23 Å². The van der Waals surface area contributed by atoms with E-state index in [1.54, 1.807) is 12.1 Å². The van der Waals surface area contributed by atoms with Gasteiger partial charge < -0.3 is 16.2 Å². The molecule has 0 saturated carbocycles. The van der Waals surface area contributed by atoms with Crippen molar-refractivity contribution in [2.75, 3.05) is 5.73 Å². The summed E-state index contributed by atoms with van der Waals surface area (Å²) < 4.78 is 0. The molecular weight excluding hydrogens is 167 g/mol. The van der Waals surface area contributed by atoms with Gasteiger partial charge >= 0.3 is 0 Å². The van der Waals surface area contributed by atoms with Gasteiger partial charge in [0.05, 0.1) is 0 Å². The van der Waals surface area contributed by atoms with Crippen molar-refractivity contribution >= 4 is 24.9 Å². The zero-order valence-corrected chi connectivity index (χ0v) is 7.16. The molecule has 0 saturated heterocycles. The summed E-state index contributed by atoms with van der Waals surface area (Å²) in [6.45, 7) is 0. The number of aliphatic hydroxyl groups excluding tert-OH is 1. The number of nitrogens with two attached hydrogens (primary N) is 1. The van der Waals surface area contributed by atoms with E-state index >= 15 is 0 Å². The van der Waals surface area contributed by atoms with Crippen LogP contribution in [0.1, 0.15) is 22.1 Å². The van der Waals surface area contributed by atoms with Gasteiger partial charge in [-0.25, -0.2) is 0 Å². The monoisotopic (exact) mass is 176 g/mol. The Morgan fingerprint density at radius 3 is 2.85 bits per heavy atom. The summed E-state index contributed by atoms with van der Waals surface area (Å²) in [6, 6.07) is 3.46. The smallest absolute Gasteiger partial charge is 0.253 e. The molecule has 1 unspecified atom stereocenters. The molecule has 4 nitrogen and oxygen atoms in total. The lowest BCUT2D eigenvalue weighted by atomic mass is 9.87. The number of aliphatic hydroxyl groups is 1. The van der Waals surface area contributed by atoms with Crippen molar-refractivity contribution in [3.05, 3.63) is 23.3 Å². The number of rotatable bonds is 0. The number of hydrogen-bond donors (Lipinski definition) is 3. The fourth-order valence-corrected chi connectivity index (χ4v) is 1.61. The number of amides is 1. The van der Waals surface area contributed by atoms with Crippen LogP contribution in [0.5, 0.6) is 0 Å². The molecule has 4 N–H and O–H groups in total. The first-order chi connectivity index (χ1) is 6.11. The first-order valence-corrected chi connectivity index (χ1v) is 3.99. The van der Waals surface area contributed by atoms with E-state index in [2.05, 4.69) is 5.32 Å². The maximum absolute atomic E-state index is 11.3. The second-order valence-corrected chi connectivity index (χ2v) is 3.14. The van der Waals surface area contributed by atoms with Gasteiger partial charge in [0, 0.05) is 16.8 Å². The predicted molar refractivity (Wildman–Crippen MR) is 51.5 cm³/mol. The number of anilines is 1. The van der Waals surface area contributed by atoms with Crippen LogP contribution in [0.4, 0.5) is 5.69 Å². The second kappa shape index (κ2) is 2.50. The molecule has 1 aliphatic rings. The fourth-order valence-electron chi connectivity index (χ4n) is 1.61. The molecular formula is C8H9BN2O2. The number of carbonyl (C=O) groups is 1. The van der Waals surface area contributed by atoms with Gasteiger partial charge in [-0.05, 0) is 6.07 Å². The summed E-state index contributed by atoms with van der Waals surface area (Å²) in [5.41, 5.74) is 7.93. The minimum absolute atomic E-state index is 0.257. The molecule has 0 fully saturated rings. The number of carbonyl (C=O) groups excluding carboxylic acids is 1. The van der Waals surface area contributed by atoms with E-state index in [0.29, 0.717) is 16.8 Å². The minimum Gasteiger partial charge on any atom is -0.398 e. The highest BCUT2D eigenvalue weighted by molar-refractivity contribution is 6.37. The Kier molecular flexibility index (Phi) is 1.56. The summed E-state index contributed by atoms with van der Waals surface area (Å²) in [7, 11) is 1.82. The predicted octanol–water partition coefficient (Wildman–Crippen LogP) is -1.74. The topological polar surface area (TPSA) is 75.4 Å². The van der Waals surface area contributed by atoms with E-state index in [-0.39, 0.29) is 5.91 Å². The lowest BCUT2D eigenvalue weighted by Gasteiger charge is -2.06. The summed E-state index contributed by atoms with van der Waals surface area (Å²) in [6.07, 6.45) is -0.956. The van der Waals surface area contributed by atoms with Crippen LogP contribution in [0.2, 0.25) is 0 Å². The van der Waals surface area contributed by atoms with Gasteiger partial charge in [0.25, 0.3) is 5.91 Å². The molecule has 1 heterocycles. The summed E-state index contributed by atoms with van der Waals surface area (Å²) >= 11 is 0. The molecule has 5 heteroatoms. The van der Waals surface area contributed by atoms with E-state index in [1.165, 1.54) is 0 Å². The fraction of sp³-hybridized carbons (Fsp3) is 0.125. The number of nitrogen functional groups attached to an aromatic ring is 1. The molecule has 66 valence electrons. The highest BCUT2D eigenvalue weighted by Crippen LogP contribution is 2.26. The second-order valence-electron chi connectivity index (χ2n) is 3.14. The number of benzene rings is 1. The molecule has 0 radical (unpaired) electrons. The number of nitrogens with one attached hydrogen (secondary N) is 1. The average Bonchev–Trinajstić information content (AvgIpc) is 2.36. The van der Waals surface area contributed by atoms with Crippen LogP contribution >= 0.6 is 0 Å². The van der Waals surface area contributed by atoms with Crippen LogP contribution in [0.3, 0.4) is 0 Å². The maximum Gasteiger partial charge on any atom is 0.253 e. The molecule has 1 aromatic carbocycles. The van der Waals surface area contributed by atoms with Crippen molar-refractivity contribution in [3.8, 4) is 0 Å². The largest absolute Gasteiger partial charge is 0.398 e. The highest BCUT2D eigenvalue weighted by Gasteiger charge is 2.29. The zero-order valence-electron chi connectivity index (χ0n) is 7.16.